The van der Waals surface area contributed by atoms with Crippen molar-refractivity contribution in [3.05, 3.63) is 39.0 Å². The van der Waals surface area contributed by atoms with Gasteiger partial charge in [0.25, 0.3) is 0 Å². The summed E-state index contributed by atoms with van der Waals surface area (Å²) in [6.45, 7) is 0. The lowest BCUT2D eigenvalue weighted by Crippen LogP contribution is -1.96. The van der Waals surface area contributed by atoms with E-state index in [4.69, 9.17) is 9.47 Å². The number of carbonyl (C=O) groups is 1. The van der Waals surface area contributed by atoms with Crippen LogP contribution in [0.15, 0.2) is 43.9 Å². The van der Waals surface area contributed by atoms with Gasteiger partial charge in [0.15, 0.2) is 0 Å². The molecule has 100 valence electrons. The summed E-state index contributed by atoms with van der Waals surface area (Å²) in [6.07, 6.45) is 0. The number of thiophene rings is 1. The Kier molecular flexibility index (Phi) is 4.90. The fraction of sp³-hybridized carbons (Fsp3) is 0.154. The number of carbonyl (C=O) groups excluding carboxylic acids is 1. The molecule has 0 fully saturated rings. The smallest absolute Gasteiger partial charge is 0.348 e. The van der Waals surface area contributed by atoms with E-state index in [1.807, 2.05) is 30.3 Å². The summed E-state index contributed by atoms with van der Waals surface area (Å²) < 4.78 is 10.9. The quantitative estimate of drug-likeness (QED) is 0.756. The van der Waals surface area contributed by atoms with Crippen molar-refractivity contribution in [2.45, 2.75) is 9.79 Å². The molecule has 2 rings (SSSR count). The summed E-state index contributed by atoms with van der Waals surface area (Å²) in [5, 5.41) is 0. The summed E-state index contributed by atoms with van der Waals surface area (Å²) in [6, 6.07) is 9.57. The number of hydrogen-bond donors (Lipinski definition) is 0. The first-order valence-electron chi connectivity index (χ1n) is 5.34. The Hall–Kier alpha value is -0.980. The molecule has 0 aliphatic rings. The monoisotopic (exact) mass is 358 g/mol. The van der Waals surface area contributed by atoms with Crippen molar-refractivity contribution < 1.29 is 14.3 Å². The van der Waals surface area contributed by atoms with E-state index >= 15 is 0 Å². The van der Waals surface area contributed by atoms with Crippen LogP contribution in [0.25, 0.3) is 0 Å². The highest BCUT2D eigenvalue weighted by Gasteiger charge is 2.15. The zero-order valence-electron chi connectivity index (χ0n) is 10.3. The van der Waals surface area contributed by atoms with Gasteiger partial charge >= 0.3 is 5.97 Å². The number of benzene rings is 1. The highest BCUT2D eigenvalue weighted by atomic mass is 79.9. The van der Waals surface area contributed by atoms with E-state index in [2.05, 4.69) is 15.9 Å². The van der Waals surface area contributed by atoms with Crippen LogP contribution < -0.4 is 4.74 Å². The molecule has 1 aromatic carbocycles. The molecule has 1 aromatic heterocycles. The second kappa shape index (κ2) is 6.45. The van der Waals surface area contributed by atoms with Crippen LogP contribution >= 0.6 is 39.0 Å². The Morgan fingerprint density at radius 2 is 2.00 bits per heavy atom. The van der Waals surface area contributed by atoms with Crippen molar-refractivity contribution in [1.29, 1.82) is 0 Å². The molecule has 0 saturated heterocycles. The van der Waals surface area contributed by atoms with Gasteiger partial charge in [-0.3, -0.25) is 0 Å². The third-order valence-electron chi connectivity index (χ3n) is 2.33. The molecule has 0 unspecified atom stereocenters. The van der Waals surface area contributed by atoms with E-state index in [-0.39, 0.29) is 5.97 Å². The van der Waals surface area contributed by atoms with Gasteiger partial charge in [-0.05, 0) is 34.1 Å². The van der Waals surface area contributed by atoms with Crippen LogP contribution in [0.2, 0.25) is 0 Å². The van der Waals surface area contributed by atoms with Gasteiger partial charge in [0.05, 0.1) is 22.9 Å². The van der Waals surface area contributed by atoms with Crippen LogP contribution in [0.5, 0.6) is 5.75 Å². The van der Waals surface area contributed by atoms with Crippen molar-refractivity contribution in [2.75, 3.05) is 14.2 Å². The fourth-order valence-corrected chi connectivity index (χ4v) is 4.24. The first-order chi connectivity index (χ1) is 9.15. The Labute approximate surface area is 128 Å². The van der Waals surface area contributed by atoms with Crippen molar-refractivity contribution in [1.82, 2.24) is 0 Å². The summed E-state index contributed by atoms with van der Waals surface area (Å²) in [5.41, 5.74) is 0. The van der Waals surface area contributed by atoms with Gasteiger partial charge in [-0.2, -0.15) is 0 Å². The molecule has 0 atom stereocenters. The Morgan fingerprint density at radius 1 is 1.26 bits per heavy atom. The van der Waals surface area contributed by atoms with E-state index in [0.29, 0.717) is 4.88 Å². The minimum Gasteiger partial charge on any atom is -0.496 e. The lowest BCUT2D eigenvalue weighted by atomic mass is 10.3. The second-order valence-corrected chi connectivity index (χ2v) is 6.95. The summed E-state index contributed by atoms with van der Waals surface area (Å²) in [5.74, 6) is 0.489. The predicted molar refractivity (Wildman–Crippen MR) is 80.5 cm³/mol. The maximum absolute atomic E-state index is 11.5. The van der Waals surface area contributed by atoms with Gasteiger partial charge in [-0.1, -0.05) is 23.9 Å². The topological polar surface area (TPSA) is 35.5 Å². The zero-order valence-corrected chi connectivity index (χ0v) is 13.5. The number of hydrogen-bond acceptors (Lipinski definition) is 5. The third-order valence-corrected chi connectivity index (χ3v) is 5.64. The first kappa shape index (κ1) is 14.4. The van der Waals surface area contributed by atoms with Crippen molar-refractivity contribution in [3.8, 4) is 5.75 Å². The molecule has 0 N–H and O–H groups in total. The number of ether oxygens (including phenoxy) is 2. The molecule has 0 amide bonds. The average Bonchev–Trinajstić information content (AvgIpc) is 2.80. The van der Waals surface area contributed by atoms with Crippen LogP contribution in [0.1, 0.15) is 9.67 Å². The van der Waals surface area contributed by atoms with Gasteiger partial charge in [-0.25, -0.2) is 4.79 Å². The average molecular weight is 359 g/mol. The van der Waals surface area contributed by atoms with Gasteiger partial charge in [0.1, 0.15) is 10.6 Å². The lowest BCUT2D eigenvalue weighted by molar-refractivity contribution is 0.0606. The van der Waals surface area contributed by atoms with Crippen LogP contribution in [0.4, 0.5) is 0 Å². The second-order valence-electron chi connectivity index (χ2n) is 3.49. The van der Waals surface area contributed by atoms with E-state index in [1.165, 1.54) is 18.4 Å². The number of para-hydroxylation sites is 1. The molecule has 0 saturated carbocycles. The molecule has 2 aromatic rings. The number of rotatable bonds is 4. The van der Waals surface area contributed by atoms with E-state index in [9.17, 15) is 4.79 Å². The molecule has 0 bridgehead atoms. The highest BCUT2D eigenvalue weighted by Crippen LogP contribution is 2.42. The molecule has 3 nitrogen and oxygen atoms in total. The van der Waals surface area contributed by atoms with Crippen LogP contribution in [-0.2, 0) is 4.74 Å². The standard InChI is InChI=1S/C13H11BrO3S2/c1-16-8-5-3-4-6-9(8)18-10-7-11(13(15)17-2)19-12(10)14/h3-7H,1-2H3. The Balaban J connectivity index is 2.28. The van der Waals surface area contributed by atoms with Crippen molar-refractivity contribution in [3.63, 3.8) is 0 Å². The molecule has 6 heteroatoms. The van der Waals surface area contributed by atoms with Gasteiger partial charge in [0, 0.05) is 4.90 Å². The molecular formula is C13H11BrO3S2. The largest absolute Gasteiger partial charge is 0.496 e. The molecule has 1 heterocycles. The minimum absolute atomic E-state index is 0.322. The molecule has 0 spiro atoms. The maximum atomic E-state index is 11.5. The lowest BCUT2D eigenvalue weighted by Gasteiger charge is -2.06. The normalized spacial score (nSPS) is 10.3. The predicted octanol–water partition coefficient (Wildman–Crippen LogP) is 4.46. The van der Waals surface area contributed by atoms with E-state index in [1.54, 1.807) is 18.9 Å². The highest BCUT2D eigenvalue weighted by molar-refractivity contribution is 9.11. The minimum atomic E-state index is -0.322. The van der Waals surface area contributed by atoms with Gasteiger partial charge in [0.2, 0.25) is 0 Å². The summed E-state index contributed by atoms with van der Waals surface area (Å²) in [4.78, 5) is 14.0. The van der Waals surface area contributed by atoms with E-state index in [0.717, 1.165) is 19.3 Å². The number of methoxy groups -OCH3 is 2. The maximum Gasteiger partial charge on any atom is 0.348 e. The van der Waals surface area contributed by atoms with E-state index < -0.39 is 0 Å². The summed E-state index contributed by atoms with van der Waals surface area (Å²) >= 11 is 6.37. The van der Waals surface area contributed by atoms with Crippen LogP contribution in [0, 0.1) is 0 Å². The van der Waals surface area contributed by atoms with Crippen molar-refractivity contribution >= 4 is 45.0 Å². The van der Waals surface area contributed by atoms with Crippen LogP contribution in [-0.4, -0.2) is 20.2 Å². The van der Waals surface area contributed by atoms with Crippen molar-refractivity contribution in [2.24, 2.45) is 0 Å². The van der Waals surface area contributed by atoms with Crippen LogP contribution in [0.3, 0.4) is 0 Å². The first-order valence-corrected chi connectivity index (χ1v) is 7.77. The zero-order chi connectivity index (χ0) is 13.8. The summed E-state index contributed by atoms with van der Waals surface area (Å²) in [7, 11) is 3.02. The SMILES string of the molecule is COC(=O)c1cc(Sc2ccccc2OC)c(Br)s1. The number of halogens is 1. The molecule has 0 aliphatic carbocycles. The molecule has 0 radical (unpaired) electrons. The fourth-order valence-electron chi connectivity index (χ4n) is 1.44. The van der Waals surface area contributed by atoms with Gasteiger partial charge in [-0.15, -0.1) is 11.3 Å². The third kappa shape index (κ3) is 3.32. The molecular weight excluding hydrogens is 348 g/mol. The molecule has 0 aliphatic heterocycles. The molecule has 19 heavy (non-hydrogen) atoms. The Bertz CT molecular complexity index is 595. The number of esters is 1. The Morgan fingerprint density at radius 3 is 2.68 bits per heavy atom. The van der Waals surface area contributed by atoms with Gasteiger partial charge < -0.3 is 9.47 Å².